The average Bonchev–Trinajstić information content (AvgIpc) is 2.66. The molecule has 0 spiro atoms. The molecular weight excluding hydrogens is 382 g/mol. The number of methoxy groups -OCH3 is 1. The summed E-state index contributed by atoms with van der Waals surface area (Å²) in [6.07, 6.45) is 0. The van der Waals surface area contributed by atoms with Crippen LogP contribution in [0.15, 0.2) is 59.8 Å². The third-order valence-electron chi connectivity index (χ3n) is 4.54. The predicted octanol–water partition coefficient (Wildman–Crippen LogP) is 4.12. The van der Waals surface area contributed by atoms with Crippen molar-refractivity contribution in [3.05, 3.63) is 70.4 Å². The molecule has 3 rings (SSSR count). The minimum Gasteiger partial charge on any atom is -0.495 e. The van der Waals surface area contributed by atoms with Crippen molar-refractivity contribution in [3.63, 3.8) is 0 Å². The minimum absolute atomic E-state index is 0.233. The molecule has 1 aliphatic rings. The quantitative estimate of drug-likeness (QED) is 0.755. The first-order valence-corrected chi connectivity index (χ1v) is 9.15. The van der Waals surface area contributed by atoms with Crippen LogP contribution in [0.5, 0.6) is 5.75 Å². The van der Waals surface area contributed by atoms with Gasteiger partial charge in [-0.25, -0.2) is 0 Å². The summed E-state index contributed by atoms with van der Waals surface area (Å²) in [7, 11) is 3.40. The van der Waals surface area contributed by atoms with Gasteiger partial charge in [-0.05, 0) is 49.0 Å². The van der Waals surface area contributed by atoms with Gasteiger partial charge in [-0.3, -0.25) is 4.79 Å². The Balaban J connectivity index is 2.02. The number of amides is 1. The van der Waals surface area contributed by atoms with E-state index in [9.17, 15) is 4.79 Å². The minimum atomic E-state index is -0.401. The summed E-state index contributed by atoms with van der Waals surface area (Å²) in [6, 6.07) is 14.3. The number of anilines is 1. The van der Waals surface area contributed by atoms with Crippen LogP contribution in [-0.4, -0.2) is 30.1 Å². The van der Waals surface area contributed by atoms with Gasteiger partial charge in [-0.15, -0.1) is 0 Å². The second-order valence-electron chi connectivity index (χ2n) is 6.15. The number of carbonyl (C=O) groups is 1. The number of hydrogen-bond donors (Lipinski definition) is 2. The van der Waals surface area contributed by atoms with Crippen LogP contribution in [0.25, 0.3) is 0 Å². The van der Waals surface area contributed by atoms with Crippen molar-refractivity contribution >= 4 is 40.5 Å². The third kappa shape index (κ3) is 3.91. The third-order valence-corrected chi connectivity index (χ3v) is 5.16. The number of nitrogens with zero attached hydrogens (tertiary/aromatic N) is 1. The summed E-state index contributed by atoms with van der Waals surface area (Å²) in [5, 5.41) is 7.33. The van der Waals surface area contributed by atoms with Gasteiger partial charge in [-0.1, -0.05) is 35.9 Å². The number of thiocarbonyl (C=S) groups is 1. The van der Waals surface area contributed by atoms with Crippen LogP contribution >= 0.6 is 23.8 Å². The topological polar surface area (TPSA) is 53.6 Å². The van der Waals surface area contributed by atoms with Crippen molar-refractivity contribution in [1.29, 1.82) is 0 Å². The zero-order valence-corrected chi connectivity index (χ0v) is 16.8. The van der Waals surface area contributed by atoms with E-state index in [0.29, 0.717) is 27.1 Å². The molecule has 0 aromatic heterocycles. The Morgan fingerprint density at radius 1 is 1.26 bits per heavy atom. The number of ether oxygens (including phenoxy) is 1. The first kappa shape index (κ1) is 19.2. The largest absolute Gasteiger partial charge is 0.495 e. The van der Waals surface area contributed by atoms with Crippen molar-refractivity contribution in [2.24, 2.45) is 0 Å². The Labute approximate surface area is 169 Å². The first-order valence-electron chi connectivity index (χ1n) is 8.37. The Bertz CT molecular complexity index is 929. The fraction of sp³-hybridized carbons (Fsp3) is 0.200. The number of allylic oxidation sites excluding steroid dienone is 1. The van der Waals surface area contributed by atoms with Gasteiger partial charge in [0, 0.05) is 17.8 Å². The highest BCUT2D eigenvalue weighted by Crippen LogP contribution is 2.33. The van der Waals surface area contributed by atoms with Gasteiger partial charge in [-0.2, -0.15) is 0 Å². The van der Waals surface area contributed by atoms with Gasteiger partial charge in [0.15, 0.2) is 5.11 Å². The maximum absolute atomic E-state index is 13.2. The average molecular weight is 402 g/mol. The highest BCUT2D eigenvalue weighted by Gasteiger charge is 2.32. The fourth-order valence-corrected chi connectivity index (χ4v) is 3.46. The van der Waals surface area contributed by atoms with Crippen LogP contribution in [0.3, 0.4) is 0 Å². The fourth-order valence-electron chi connectivity index (χ4n) is 3.00. The predicted molar refractivity (Wildman–Crippen MR) is 112 cm³/mol. The van der Waals surface area contributed by atoms with E-state index in [2.05, 4.69) is 10.6 Å². The zero-order chi connectivity index (χ0) is 19.6. The van der Waals surface area contributed by atoms with Crippen LogP contribution in [0.1, 0.15) is 18.5 Å². The van der Waals surface area contributed by atoms with Gasteiger partial charge in [0.1, 0.15) is 5.75 Å². The molecule has 27 heavy (non-hydrogen) atoms. The molecular formula is C20H20ClN3O2S. The maximum Gasteiger partial charge on any atom is 0.255 e. The van der Waals surface area contributed by atoms with Crippen molar-refractivity contribution in [2.75, 3.05) is 19.5 Å². The summed E-state index contributed by atoms with van der Waals surface area (Å²) >= 11 is 11.6. The van der Waals surface area contributed by atoms with Crippen LogP contribution in [0.4, 0.5) is 5.69 Å². The number of rotatable bonds is 4. The van der Waals surface area contributed by atoms with Crippen LogP contribution in [-0.2, 0) is 4.79 Å². The Kier molecular flexibility index (Phi) is 5.68. The van der Waals surface area contributed by atoms with Gasteiger partial charge < -0.3 is 20.3 Å². The summed E-state index contributed by atoms with van der Waals surface area (Å²) < 4.78 is 5.33. The molecule has 0 radical (unpaired) electrons. The Morgan fingerprint density at radius 2 is 2.00 bits per heavy atom. The SMILES string of the molecule is COc1ccccc1NC(=O)C1=C(C)N(C)C(=S)NC1c1cccc(Cl)c1. The monoisotopic (exact) mass is 401 g/mol. The molecule has 7 heteroatoms. The van der Waals surface area contributed by atoms with Crippen molar-refractivity contribution < 1.29 is 9.53 Å². The summed E-state index contributed by atoms with van der Waals surface area (Å²) in [4.78, 5) is 15.0. The highest BCUT2D eigenvalue weighted by molar-refractivity contribution is 7.80. The van der Waals surface area contributed by atoms with E-state index in [4.69, 9.17) is 28.6 Å². The van der Waals surface area contributed by atoms with E-state index in [1.165, 1.54) is 0 Å². The molecule has 0 aliphatic carbocycles. The molecule has 1 amide bonds. The van der Waals surface area contributed by atoms with E-state index >= 15 is 0 Å². The van der Waals surface area contributed by atoms with E-state index in [0.717, 1.165) is 11.3 Å². The van der Waals surface area contributed by atoms with Gasteiger partial charge in [0.2, 0.25) is 0 Å². The molecule has 2 aromatic carbocycles. The lowest BCUT2D eigenvalue weighted by molar-refractivity contribution is -0.113. The van der Waals surface area contributed by atoms with E-state index in [1.807, 2.05) is 44.3 Å². The summed E-state index contributed by atoms with van der Waals surface area (Å²) in [5.41, 5.74) is 2.81. The second kappa shape index (κ2) is 7.98. The molecule has 2 N–H and O–H groups in total. The maximum atomic E-state index is 13.2. The van der Waals surface area contributed by atoms with Crippen LogP contribution in [0, 0.1) is 0 Å². The number of carbonyl (C=O) groups excluding carboxylic acids is 1. The molecule has 1 unspecified atom stereocenters. The molecule has 140 valence electrons. The number of para-hydroxylation sites is 2. The number of nitrogens with one attached hydrogen (secondary N) is 2. The smallest absolute Gasteiger partial charge is 0.255 e. The summed E-state index contributed by atoms with van der Waals surface area (Å²) in [5.74, 6) is 0.361. The van der Waals surface area contributed by atoms with E-state index < -0.39 is 6.04 Å². The lowest BCUT2D eigenvalue weighted by Gasteiger charge is -2.35. The first-order chi connectivity index (χ1) is 12.9. The number of benzene rings is 2. The normalized spacial score (nSPS) is 16.8. The molecule has 5 nitrogen and oxygen atoms in total. The molecule has 1 atom stereocenters. The van der Waals surface area contributed by atoms with Crippen LogP contribution < -0.4 is 15.4 Å². The zero-order valence-electron chi connectivity index (χ0n) is 15.2. The lowest BCUT2D eigenvalue weighted by atomic mass is 9.94. The molecule has 0 fully saturated rings. The standard InChI is InChI=1S/C20H20ClN3O2S/c1-12-17(19(25)22-15-9-4-5-10-16(15)26-3)18(23-20(27)24(12)2)13-7-6-8-14(21)11-13/h4-11,18H,1-3H3,(H,22,25)(H,23,27). The molecule has 1 aliphatic heterocycles. The Morgan fingerprint density at radius 3 is 2.70 bits per heavy atom. The molecule has 0 bridgehead atoms. The van der Waals surface area contributed by atoms with E-state index in [1.54, 1.807) is 30.2 Å². The van der Waals surface area contributed by atoms with Crippen molar-refractivity contribution in [2.45, 2.75) is 13.0 Å². The lowest BCUT2D eigenvalue weighted by Crippen LogP contribution is -2.46. The molecule has 2 aromatic rings. The van der Waals surface area contributed by atoms with Crippen molar-refractivity contribution in [1.82, 2.24) is 10.2 Å². The summed E-state index contributed by atoms with van der Waals surface area (Å²) in [6.45, 7) is 1.88. The molecule has 0 saturated heterocycles. The molecule has 1 heterocycles. The number of hydrogen-bond acceptors (Lipinski definition) is 3. The molecule has 0 saturated carbocycles. The van der Waals surface area contributed by atoms with Gasteiger partial charge in [0.25, 0.3) is 5.91 Å². The van der Waals surface area contributed by atoms with Gasteiger partial charge >= 0.3 is 0 Å². The van der Waals surface area contributed by atoms with Crippen LogP contribution in [0.2, 0.25) is 5.02 Å². The van der Waals surface area contributed by atoms with E-state index in [-0.39, 0.29) is 5.91 Å². The number of halogens is 1. The second-order valence-corrected chi connectivity index (χ2v) is 6.97. The Hall–Kier alpha value is -2.57. The van der Waals surface area contributed by atoms with Crippen molar-refractivity contribution in [3.8, 4) is 5.75 Å². The van der Waals surface area contributed by atoms with Gasteiger partial charge in [0.05, 0.1) is 24.4 Å². The highest BCUT2D eigenvalue weighted by atomic mass is 35.5.